The molecule has 0 spiro atoms. The Hall–Kier alpha value is -4.55. The molecule has 40 heavy (non-hydrogen) atoms. The van der Waals surface area contributed by atoms with E-state index in [1.165, 1.54) is 7.11 Å². The number of nitrogens with zero attached hydrogens (tertiary/aromatic N) is 3. The summed E-state index contributed by atoms with van der Waals surface area (Å²) in [7, 11) is 1.33. The Balaban J connectivity index is 1.53. The lowest BCUT2D eigenvalue weighted by Gasteiger charge is -2.18. The van der Waals surface area contributed by atoms with Gasteiger partial charge in [-0.15, -0.1) is 0 Å². The van der Waals surface area contributed by atoms with Crippen molar-refractivity contribution in [3.05, 3.63) is 108 Å². The summed E-state index contributed by atoms with van der Waals surface area (Å²) >= 11 is 1.60. The molecule has 0 aliphatic heterocycles. The number of aromatic nitrogens is 2. The van der Waals surface area contributed by atoms with Gasteiger partial charge in [0.25, 0.3) is 5.91 Å². The maximum absolute atomic E-state index is 13.4. The standard InChI is InChI=1S/C31H31N5O3S/c1-39-31(38)29(14-15-40-2)35-30(37)27-13-12-25(16-28(27)24-6-4-3-5-7-24)34-19-26-18-33-21-36(26)20-23-10-8-22(17-32)9-11-23/h3-13,16,18,21,29,34H,14-15,19-20H2,1-2H3,(H,35,37)/t29-/m0/s1. The number of hydrogen-bond donors (Lipinski definition) is 2. The van der Waals surface area contributed by atoms with Crippen LogP contribution in [0.5, 0.6) is 0 Å². The molecular formula is C31H31N5O3S. The van der Waals surface area contributed by atoms with Crippen LogP contribution in [0.1, 0.15) is 33.6 Å². The van der Waals surface area contributed by atoms with Gasteiger partial charge in [-0.1, -0.05) is 42.5 Å². The fourth-order valence-electron chi connectivity index (χ4n) is 4.28. The molecule has 1 heterocycles. The minimum atomic E-state index is -0.720. The largest absolute Gasteiger partial charge is 0.467 e. The molecule has 0 saturated carbocycles. The molecule has 204 valence electrons. The number of ether oxygens (including phenoxy) is 1. The zero-order valence-corrected chi connectivity index (χ0v) is 23.3. The third kappa shape index (κ3) is 7.30. The number of methoxy groups -OCH3 is 1. The SMILES string of the molecule is COC(=O)[C@H](CCSC)NC(=O)c1ccc(NCc2cncn2Cc2ccc(C#N)cc2)cc1-c1ccccc1. The van der Waals surface area contributed by atoms with Crippen LogP contribution >= 0.6 is 11.8 Å². The van der Waals surface area contributed by atoms with E-state index in [1.54, 1.807) is 24.2 Å². The minimum absolute atomic E-state index is 0.331. The number of nitriles is 1. The number of amides is 1. The Labute approximate surface area is 238 Å². The van der Waals surface area contributed by atoms with Gasteiger partial charge >= 0.3 is 5.97 Å². The zero-order chi connectivity index (χ0) is 28.3. The second kappa shape index (κ2) is 14.0. The fraction of sp³-hybridized carbons (Fsp3) is 0.226. The number of thioether (sulfide) groups is 1. The second-order valence-corrected chi connectivity index (χ2v) is 10.1. The predicted octanol–water partition coefficient (Wildman–Crippen LogP) is 5.11. The van der Waals surface area contributed by atoms with Gasteiger partial charge in [0, 0.05) is 24.0 Å². The number of esters is 1. The molecule has 1 amide bonds. The summed E-state index contributed by atoms with van der Waals surface area (Å²) in [5.41, 5.74) is 5.64. The smallest absolute Gasteiger partial charge is 0.328 e. The molecule has 9 heteroatoms. The van der Waals surface area contributed by atoms with Crippen LogP contribution in [0.2, 0.25) is 0 Å². The summed E-state index contributed by atoms with van der Waals surface area (Å²) in [5.74, 6) is -0.0714. The highest BCUT2D eigenvalue weighted by atomic mass is 32.2. The average molecular weight is 554 g/mol. The molecule has 1 atom stereocenters. The summed E-state index contributed by atoms with van der Waals surface area (Å²) in [5, 5.41) is 15.3. The molecule has 2 N–H and O–H groups in total. The van der Waals surface area contributed by atoms with Gasteiger partial charge in [0.15, 0.2) is 0 Å². The Morgan fingerprint density at radius 3 is 2.58 bits per heavy atom. The monoisotopic (exact) mass is 553 g/mol. The van der Waals surface area contributed by atoms with E-state index >= 15 is 0 Å². The lowest BCUT2D eigenvalue weighted by Crippen LogP contribution is -2.42. The molecule has 1 aromatic heterocycles. The van der Waals surface area contributed by atoms with Crippen molar-refractivity contribution in [1.29, 1.82) is 5.26 Å². The molecule has 0 radical (unpaired) electrons. The summed E-state index contributed by atoms with van der Waals surface area (Å²) in [6.07, 6.45) is 6.04. The van der Waals surface area contributed by atoms with E-state index in [0.29, 0.717) is 30.6 Å². The Bertz CT molecular complexity index is 1480. The van der Waals surface area contributed by atoms with Crippen LogP contribution in [-0.4, -0.2) is 46.6 Å². The molecule has 0 aliphatic rings. The molecule has 3 aromatic carbocycles. The number of rotatable bonds is 12. The van der Waals surface area contributed by atoms with Crippen molar-refractivity contribution in [3.8, 4) is 17.2 Å². The first-order valence-corrected chi connectivity index (χ1v) is 14.2. The van der Waals surface area contributed by atoms with Gasteiger partial charge in [-0.25, -0.2) is 9.78 Å². The summed E-state index contributed by atoms with van der Waals surface area (Å²) < 4.78 is 6.96. The summed E-state index contributed by atoms with van der Waals surface area (Å²) in [6.45, 7) is 1.16. The summed E-state index contributed by atoms with van der Waals surface area (Å²) in [6, 6.07) is 24.2. The van der Waals surface area contributed by atoms with Crippen LogP contribution < -0.4 is 10.6 Å². The first-order chi connectivity index (χ1) is 19.5. The van der Waals surface area contributed by atoms with E-state index in [2.05, 4.69) is 26.3 Å². The Kier molecular flexibility index (Phi) is 9.97. The number of benzene rings is 3. The van der Waals surface area contributed by atoms with Gasteiger partial charge in [-0.05, 0) is 65.5 Å². The first kappa shape index (κ1) is 28.5. The Morgan fingerprint density at radius 1 is 1.10 bits per heavy atom. The number of hydrogen-bond acceptors (Lipinski definition) is 7. The highest BCUT2D eigenvalue weighted by molar-refractivity contribution is 7.98. The quantitative estimate of drug-likeness (QED) is 0.235. The molecule has 0 unspecified atom stereocenters. The molecule has 0 fully saturated rings. The molecular weight excluding hydrogens is 522 g/mol. The van der Waals surface area contributed by atoms with E-state index in [9.17, 15) is 9.59 Å². The highest BCUT2D eigenvalue weighted by Crippen LogP contribution is 2.28. The number of imidazole rings is 1. The fourth-order valence-corrected chi connectivity index (χ4v) is 4.75. The van der Waals surface area contributed by atoms with Crippen LogP contribution in [0, 0.1) is 11.3 Å². The van der Waals surface area contributed by atoms with Crippen molar-refractivity contribution in [1.82, 2.24) is 14.9 Å². The number of nitrogens with one attached hydrogen (secondary N) is 2. The molecule has 0 aliphatic carbocycles. The third-order valence-electron chi connectivity index (χ3n) is 6.46. The van der Waals surface area contributed by atoms with Crippen LogP contribution in [0.4, 0.5) is 5.69 Å². The van der Waals surface area contributed by atoms with Crippen molar-refractivity contribution in [2.24, 2.45) is 0 Å². The van der Waals surface area contributed by atoms with Gasteiger partial charge in [0.2, 0.25) is 0 Å². The van der Waals surface area contributed by atoms with Crippen LogP contribution in [0.15, 0.2) is 85.3 Å². The highest BCUT2D eigenvalue weighted by Gasteiger charge is 2.23. The zero-order valence-electron chi connectivity index (χ0n) is 22.5. The Morgan fingerprint density at radius 2 is 1.88 bits per heavy atom. The van der Waals surface area contributed by atoms with Gasteiger partial charge in [0.05, 0.1) is 37.3 Å². The van der Waals surface area contributed by atoms with Gasteiger partial charge < -0.3 is 19.9 Å². The van der Waals surface area contributed by atoms with Crippen LogP contribution in [-0.2, 0) is 22.6 Å². The lowest BCUT2D eigenvalue weighted by molar-refractivity contribution is -0.142. The molecule has 4 aromatic rings. The lowest BCUT2D eigenvalue weighted by atomic mass is 9.98. The van der Waals surface area contributed by atoms with E-state index in [-0.39, 0.29) is 5.91 Å². The van der Waals surface area contributed by atoms with Gasteiger partial charge in [-0.3, -0.25) is 4.79 Å². The minimum Gasteiger partial charge on any atom is -0.467 e. The van der Waals surface area contributed by atoms with Crippen molar-refractivity contribution >= 4 is 29.3 Å². The van der Waals surface area contributed by atoms with Crippen LogP contribution in [0.3, 0.4) is 0 Å². The normalized spacial score (nSPS) is 11.3. The number of carbonyl (C=O) groups excluding carboxylic acids is 2. The van der Waals surface area contributed by atoms with E-state index in [0.717, 1.165) is 33.8 Å². The van der Waals surface area contributed by atoms with Gasteiger partial charge in [-0.2, -0.15) is 17.0 Å². The number of carbonyl (C=O) groups is 2. The molecule has 0 saturated heterocycles. The van der Waals surface area contributed by atoms with Gasteiger partial charge in [0.1, 0.15) is 6.04 Å². The first-order valence-electron chi connectivity index (χ1n) is 12.8. The maximum atomic E-state index is 13.4. The van der Waals surface area contributed by atoms with Crippen molar-refractivity contribution in [2.45, 2.75) is 25.6 Å². The van der Waals surface area contributed by atoms with Crippen molar-refractivity contribution in [3.63, 3.8) is 0 Å². The van der Waals surface area contributed by atoms with E-state index in [1.807, 2.05) is 79.2 Å². The molecule has 8 nitrogen and oxygen atoms in total. The van der Waals surface area contributed by atoms with Crippen LogP contribution in [0.25, 0.3) is 11.1 Å². The van der Waals surface area contributed by atoms with E-state index in [4.69, 9.17) is 10.00 Å². The third-order valence-corrected chi connectivity index (χ3v) is 7.10. The summed E-state index contributed by atoms with van der Waals surface area (Å²) in [4.78, 5) is 30.0. The van der Waals surface area contributed by atoms with E-state index < -0.39 is 12.0 Å². The molecule has 0 bridgehead atoms. The predicted molar refractivity (Wildman–Crippen MR) is 158 cm³/mol. The number of anilines is 1. The maximum Gasteiger partial charge on any atom is 0.328 e. The second-order valence-electron chi connectivity index (χ2n) is 9.13. The molecule has 4 rings (SSSR count). The van der Waals surface area contributed by atoms with Crippen molar-refractivity contribution < 1.29 is 14.3 Å². The average Bonchev–Trinajstić information content (AvgIpc) is 3.45. The van der Waals surface area contributed by atoms with Crippen molar-refractivity contribution in [2.75, 3.05) is 24.4 Å². The topological polar surface area (TPSA) is 109 Å².